The molecule has 0 radical (unpaired) electrons. The van der Waals surface area contributed by atoms with Gasteiger partial charge in [0.05, 0.1) is 0 Å². The highest BCUT2D eigenvalue weighted by molar-refractivity contribution is 5.85. The number of aryl methyl sites for hydroxylation is 4. The maximum Gasteiger partial charge on any atom is 0.134 e. The first-order valence-corrected chi connectivity index (χ1v) is 11.6. The van der Waals surface area contributed by atoms with Crippen molar-refractivity contribution in [3.63, 3.8) is 0 Å². The lowest BCUT2D eigenvalue weighted by Crippen LogP contribution is -1.92. The van der Waals surface area contributed by atoms with E-state index < -0.39 is 0 Å². The van der Waals surface area contributed by atoms with Crippen molar-refractivity contribution in [2.45, 2.75) is 46.0 Å². The predicted octanol–water partition coefficient (Wildman–Crippen LogP) is 7.68. The molecule has 0 heterocycles. The number of rotatable bonds is 6. The first-order valence-electron chi connectivity index (χ1n) is 11.6. The Morgan fingerprint density at radius 2 is 1.22 bits per heavy atom. The van der Waals surface area contributed by atoms with Crippen LogP contribution >= 0.6 is 0 Å². The number of hydrogen-bond donors (Lipinski definition) is 0. The molecular weight excluding hydrogens is 391 g/mol. The van der Waals surface area contributed by atoms with Crippen LogP contribution in [0, 0.1) is 17.7 Å². The lowest BCUT2D eigenvalue weighted by molar-refractivity contribution is 0.619. The lowest BCUT2D eigenvalue weighted by atomic mass is 10.0. The minimum Gasteiger partial charge on any atom is -0.206 e. The number of fused-ring (bicyclic) bond motifs is 1. The van der Waals surface area contributed by atoms with Crippen LogP contribution in [0.5, 0.6) is 0 Å². The Hall–Kier alpha value is -3.37. The van der Waals surface area contributed by atoms with Crippen LogP contribution in [0.15, 0.2) is 78.9 Å². The standard InChI is InChI=1S/C31H29F/c1-3-5-28-19-20-29-22-27(18-21-30(29)31(28)32)17-16-26-14-12-25(13-15-26)11-10-24-8-6-23(4-2)7-9-24/h6-9,12-15,18-22H,3-5,10-11H2,1-2H3. The van der Waals surface area contributed by atoms with Gasteiger partial charge in [-0.1, -0.05) is 86.7 Å². The molecule has 0 saturated heterocycles. The smallest absolute Gasteiger partial charge is 0.134 e. The third-order valence-electron chi connectivity index (χ3n) is 5.99. The summed E-state index contributed by atoms with van der Waals surface area (Å²) in [4.78, 5) is 0. The topological polar surface area (TPSA) is 0 Å². The van der Waals surface area contributed by atoms with Gasteiger partial charge in [-0.25, -0.2) is 4.39 Å². The van der Waals surface area contributed by atoms with E-state index in [9.17, 15) is 4.39 Å². The SMILES string of the molecule is CCCc1ccc2cc(C#Cc3ccc(CCc4ccc(CC)cc4)cc3)ccc2c1F. The van der Waals surface area contributed by atoms with E-state index in [0.29, 0.717) is 5.39 Å². The zero-order valence-electron chi connectivity index (χ0n) is 18.9. The molecule has 160 valence electrons. The molecule has 0 saturated carbocycles. The molecule has 1 heteroatoms. The quantitative estimate of drug-likeness (QED) is 0.281. The van der Waals surface area contributed by atoms with Gasteiger partial charge >= 0.3 is 0 Å². The van der Waals surface area contributed by atoms with Crippen molar-refractivity contribution in [2.75, 3.05) is 0 Å². The Bertz CT molecular complexity index is 1250. The van der Waals surface area contributed by atoms with Crippen LogP contribution in [0.1, 0.15) is 53.6 Å². The summed E-state index contributed by atoms with van der Waals surface area (Å²) in [6.07, 6.45) is 4.86. The summed E-state index contributed by atoms with van der Waals surface area (Å²) in [6.45, 7) is 4.25. The van der Waals surface area contributed by atoms with Crippen LogP contribution in [0.25, 0.3) is 10.8 Å². The summed E-state index contributed by atoms with van der Waals surface area (Å²) in [5, 5.41) is 1.58. The van der Waals surface area contributed by atoms with E-state index in [-0.39, 0.29) is 5.82 Å². The molecule has 0 N–H and O–H groups in total. The maximum absolute atomic E-state index is 14.6. The van der Waals surface area contributed by atoms with E-state index in [4.69, 9.17) is 0 Å². The number of hydrogen-bond acceptors (Lipinski definition) is 0. The van der Waals surface area contributed by atoms with Crippen LogP contribution in [-0.2, 0) is 25.7 Å². The molecule has 0 fully saturated rings. The Morgan fingerprint density at radius 3 is 1.88 bits per heavy atom. The molecule has 0 amide bonds. The third kappa shape index (κ3) is 5.27. The molecule has 0 aliphatic rings. The lowest BCUT2D eigenvalue weighted by Gasteiger charge is -2.06. The van der Waals surface area contributed by atoms with Crippen LogP contribution in [-0.4, -0.2) is 0 Å². The molecule has 4 aromatic carbocycles. The highest BCUT2D eigenvalue weighted by Crippen LogP contribution is 2.23. The van der Waals surface area contributed by atoms with Crippen LogP contribution < -0.4 is 0 Å². The van der Waals surface area contributed by atoms with E-state index in [1.165, 1.54) is 16.7 Å². The van der Waals surface area contributed by atoms with Gasteiger partial charge < -0.3 is 0 Å². The number of halogens is 1. The summed E-state index contributed by atoms with van der Waals surface area (Å²) in [5.41, 5.74) is 6.76. The molecule has 0 bridgehead atoms. The second-order valence-electron chi connectivity index (χ2n) is 8.34. The molecule has 0 aliphatic heterocycles. The molecule has 0 nitrogen and oxygen atoms in total. The van der Waals surface area contributed by atoms with Gasteiger partial charge in [-0.05, 0) is 77.6 Å². The van der Waals surface area contributed by atoms with Crippen LogP contribution in [0.2, 0.25) is 0 Å². The second kappa shape index (κ2) is 10.3. The van der Waals surface area contributed by atoms with Crippen molar-refractivity contribution in [3.8, 4) is 11.8 Å². The van der Waals surface area contributed by atoms with E-state index in [1.807, 2.05) is 30.3 Å². The summed E-state index contributed by atoms with van der Waals surface area (Å²) in [7, 11) is 0. The van der Waals surface area contributed by atoms with Gasteiger partial charge in [0, 0.05) is 16.5 Å². The first-order chi connectivity index (χ1) is 15.7. The van der Waals surface area contributed by atoms with Gasteiger partial charge in [0.1, 0.15) is 5.82 Å². The largest absolute Gasteiger partial charge is 0.206 e. The molecule has 4 rings (SSSR count). The van der Waals surface area contributed by atoms with Crippen LogP contribution in [0.4, 0.5) is 4.39 Å². The van der Waals surface area contributed by atoms with Gasteiger partial charge in [0.2, 0.25) is 0 Å². The molecule has 0 aliphatic carbocycles. The minimum atomic E-state index is -0.0965. The number of benzene rings is 4. The van der Waals surface area contributed by atoms with Crippen molar-refractivity contribution >= 4 is 10.8 Å². The van der Waals surface area contributed by atoms with Crippen molar-refractivity contribution in [1.29, 1.82) is 0 Å². The molecule has 0 unspecified atom stereocenters. The Morgan fingerprint density at radius 1 is 0.625 bits per heavy atom. The zero-order valence-corrected chi connectivity index (χ0v) is 18.9. The van der Waals surface area contributed by atoms with Gasteiger partial charge in [-0.3, -0.25) is 0 Å². The Kier molecular flexibility index (Phi) is 7.03. The highest BCUT2D eigenvalue weighted by Gasteiger charge is 2.07. The molecule has 4 aromatic rings. The van der Waals surface area contributed by atoms with E-state index in [1.54, 1.807) is 0 Å². The minimum absolute atomic E-state index is 0.0965. The van der Waals surface area contributed by atoms with E-state index >= 15 is 0 Å². The molecule has 0 spiro atoms. The van der Waals surface area contributed by atoms with Crippen LogP contribution in [0.3, 0.4) is 0 Å². The maximum atomic E-state index is 14.6. The summed E-state index contributed by atoms with van der Waals surface area (Å²) in [6, 6.07) is 27.0. The van der Waals surface area contributed by atoms with E-state index in [2.05, 4.69) is 74.2 Å². The zero-order chi connectivity index (χ0) is 22.3. The summed E-state index contributed by atoms with van der Waals surface area (Å²) in [5.74, 6) is 6.37. The first kappa shape index (κ1) is 21.8. The average molecular weight is 421 g/mol. The van der Waals surface area contributed by atoms with Crippen molar-refractivity contribution in [2.24, 2.45) is 0 Å². The van der Waals surface area contributed by atoms with Gasteiger partial charge in [0.15, 0.2) is 0 Å². The fraction of sp³-hybridized carbons (Fsp3) is 0.226. The monoisotopic (exact) mass is 420 g/mol. The predicted molar refractivity (Wildman–Crippen MR) is 134 cm³/mol. The molecule has 0 atom stereocenters. The summed E-state index contributed by atoms with van der Waals surface area (Å²) >= 11 is 0. The second-order valence-corrected chi connectivity index (χ2v) is 8.34. The third-order valence-corrected chi connectivity index (χ3v) is 5.99. The van der Waals surface area contributed by atoms with Crippen molar-refractivity contribution in [1.82, 2.24) is 0 Å². The molecule has 32 heavy (non-hydrogen) atoms. The Labute approximate surface area is 191 Å². The van der Waals surface area contributed by atoms with Gasteiger partial charge in [-0.15, -0.1) is 0 Å². The van der Waals surface area contributed by atoms with Gasteiger partial charge in [-0.2, -0.15) is 0 Å². The van der Waals surface area contributed by atoms with Crippen molar-refractivity contribution in [3.05, 3.63) is 118 Å². The van der Waals surface area contributed by atoms with Gasteiger partial charge in [0.25, 0.3) is 0 Å². The highest BCUT2D eigenvalue weighted by atomic mass is 19.1. The average Bonchev–Trinajstić information content (AvgIpc) is 2.84. The fourth-order valence-corrected chi connectivity index (χ4v) is 4.01. The Balaban J connectivity index is 1.42. The van der Waals surface area contributed by atoms with Crippen molar-refractivity contribution < 1.29 is 4.39 Å². The summed E-state index contributed by atoms with van der Waals surface area (Å²) < 4.78 is 14.6. The molecule has 0 aromatic heterocycles. The normalized spacial score (nSPS) is 10.7. The molecular formula is C31H29F. The fourth-order valence-electron chi connectivity index (χ4n) is 4.01. The van der Waals surface area contributed by atoms with E-state index in [0.717, 1.165) is 54.2 Å².